The second-order valence-corrected chi connectivity index (χ2v) is 9.82. The van der Waals surface area contributed by atoms with Gasteiger partial charge < -0.3 is 18.9 Å². The number of H-pyrrole nitrogens is 2. The van der Waals surface area contributed by atoms with E-state index < -0.39 is 0 Å². The molecular formula is C26H46N8O4. The van der Waals surface area contributed by atoms with Crippen LogP contribution >= 0.6 is 0 Å². The van der Waals surface area contributed by atoms with Gasteiger partial charge in [-0.15, -0.1) is 0 Å². The first-order chi connectivity index (χ1) is 18.8. The summed E-state index contributed by atoms with van der Waals surface area (Å²) in [5.74, 6) is 0. The van der Waals surface area contributed by atoms with E-state index in [2.05, 4.69) is 40.0 Å². The molecule has 0 radical (unpaired) electrons. The summed E-state index contributed by atoms with van der Waals surface area (Å²) in [6.07, 6.45) is 3.76. The van der Waals surface area contributed by atoms with E-state index in [1.807, 2.05) is 24.5 Å². The predicted molar refractivity (Wildman–Crippen MR) is 144 cm³/mol. The van der Waals surface area contributed by atoms with Gasteiger partial charge in [0.1, 0.15) is 0 Å². The minimum atomic E-state index is 0.629. The fourth-order valence-corrected chi connectivity index (χ4v) is 4.68. The molecule has 38 heavy (non-hydrogen) atoms. The van der Waals surface area contributed by atoms with Gasteiger partial charge in [-0.3, -0.25) is 29.8 Å². The summed E-state index contributed by atoms with van der Waals surface area (Å²) >= 11 is 0. The molecule has 4 heterocycles. The Labute approximate surface area is 226 Å². The van der Waals surface area contributed by atoms with Crippen LogP contribution in [-0.2, 0) is 32.0 Å². The van der Waals surface area contributed by atoms with Crippen LogP contribution in [0.2, 0.25) is 0 Å². The third-order valence-corrected chi connectivity index (χ3v) is 7.04. The predicted octanol–water partition coefficient (Wildman–Crippen LogP) is 0.135. The summed E-state index contributed by atoms with van der Waals surface area (Å²) in [5, 5.41) is 14.6. The molecular weight excluding hydrogens is 488 g/mol. The Morgan fingerprint density at radius 2 is 0.895 bits per heavy atom. The average molecular weight is 535 g/mol. The Balaban J connectivity index is 1.41. The molecule has 2 saturated heterocycles. The summed E-state index contributed by atoms with van der Waals surface area (Å²) in [6.45, 7) is 16.1. The lowest BCUT2D eigenvalue weighted by Crippen LogP contribution is -2.41. The van der Waals surface area contributed by atoms with E-state index in [-0.39, 0.29) is 0 Å². The van der Waals surface area contributed by atoms with Gasteiger partial charge in [0, 0.05) is 90.9 Å². The number of hydrogen-bond acceptors (Lipinski definition) is 10. The zero-order valence-electron chi connectivity index (χ0n) is 22.8. The van der Waals surface area contributed by atoms with E-state index in [1.165, 1.54) is 0 Å². The van der Waals surface area contributed by atoms with Gasteiger partial charge in [-0.2, -0.15) is 10.2 Å². The Morgan fingerprint density at radius 1 is 0.500 bits per heavy atom. The monoisotopic (exact) mass is 534 g/mol. The molecule has 2 aliphatic heterocycles. The van der Waals surface area contributed by atoms with Crippen LogP contribution in [0.15, 0.2) is 24.5 Å². The van der Waals surface area contributed by atoms with E-state index in [4.69, 9.17) is 18.9 Å². The minimum Gasteiger partial charge on any atom is -0.379 e. The van der Waals surface area contributed by atoms with E-state index in [9.17, 15) is 0 Å². The summed E-state index contributed by atoms with van der Waals surface area (Å²) in [6, 6.07) is 4.08. The van der Waals surface area contributed by atoms with Gasteiger partial charge in [0.05, 0.1) is 64.2 Å². The molecule has 2 bridgehead atoms. The lowest BCUT2D eigenvalue weighted by atomic mass is 10.3. The van der Waals surface area contributed by atoms with Gasteiger partial charge in [0.25, 0.3) is 0 Å². The molecule has 214 valence electrons. The highest BCUT2D eigenvalue weighted by atomic mass is 16.5. The maximum absolute atomic E-state index is 6.14. The quantitative estimate of drug-likeness (QED) is 0.526. The second-order valence-electron chi connectivity index (χ2n) is 9.82. The van der Waals surface area contributed by atoms with Crippen molar-refractivity contribution < 1.29 is 18.9 Å². The average Bonchev–Trinajstić information content (AvgIpc) is 3.63. The number of aromatic amines is 2. The van der Waals surface area contributed by atoms with Gasteiger partial charge >= 0.3 is 0 Å². The molecule has 2 unspecified atom stereocenters. The Kier molecular flexibility index (Phi) is 13.5. The van der Waals surface area contributed by atoms with Crippen LogP contribution in [0.5, 0.6) is 0 Å². The van der Waals surface area contributed by atoms with Crippen molar-refractivity contribution in [2.45, 2.75) is 13.1 Å². The minimum absolute atomic E-state index is 0.629. The van der Waals surface area contributed by atoms with Crippen molar-refractivity contribution in [3.8, 4) is 0 Å². The molecule has 2 N–H and O–H groups in total. The number of ether oxygens (including phenoxy) is 4. The van der Waals surface area contributed by atoms with Crippen LogP contribution in [0.1, 0.15) is 11.4 Å². The molecule has 12 nitrogen and oxygen atoms in total. The van der Waals surface area contributed by atoms with Gasteiger partial charge in [-0.25, -0.2) is 0 Å². The lowest BCUT2D eigenvalue weighted by Gasteiger charge is -2.29. The highest BCUT2D eigenvalue weighted by Gasteiger charge is 2.15. The molecule has 0 amide bonds. The molecule has 0 saturated carbocycles. The van der Waals surface area contributed by atoms with Crippen molar-refractivity contribution >= 4 is 0 Å². The van der Waals surface area contributed by atoms with Crippen LogP contribution in [0.3, 0.4) is 0 Å². The zero-order chi connectivity index (χ0) is 26.1. The molecule has 0 aromatic carbocycles. The van der Waals surface area contributed by atoms with Gasteiger partial charge in [0.2, 0.25) is 0 Å². The van der Waals surface area contributed by atoms with E-state index >= 15 is 0 Å². The van der Waals surface area contributed by atoms with Crippen molar-refractivity contribution in [1.29, 1.82) is 0 Å². The van der Waals surface area contributed by atoms with Crippen molar-refractivity contribution in [3.63, 3.8) is 0 Å². The molecule has 2 aromatic rings. The maximum atomic E-state index is 6.14. The van der Waals surface area contributed by atoms with E-state index in [1.54, 1.807) is 0 Å². The van der Waals surface area contributed by atoms with Crippen LogP contribution in [0, 0.1) is 0 Å². The van der Waals surface area contributed by atoms with Crippen molar-refractivity contribution in [2.24, 2.45) is 0 Å². The summed E-state index contributed by atoms with van der Waals surface area (Å²) in [4.78, 5) is 9.72. The van der Waals surface area contributed by atoms with Crippen LogP contribution in [0.4, 0.5) is 0 Å². The number of aromatic nitrogens is 4. The molecule has 0 spiro atoms. The lowest BCUT2D eigenvalue weighted by molar-refractivity contribution is 0.0308. The van der Waals surface area contributed by atoms with Gasteiger partial charge in [0.15, 0.2) is 0 Å². The SMILES string of the molecule is c1cc(CN2CCOCCN(Cc3cc[nH]n3)CCN3CCOCCOCCN(CCOCC3)CC2)n[nH]1. The van der Waals surface area contributed by atoms with Crippen LogP contribution in [-0.4, -0.2) is 158 Å². The first kappa shape index (κ1) is 29.1. The van der Waals surface area contributed by atoms with Gasteiger partial charge in [-0.1, -0.05) is 0 Å². The fraction of sp³-hybridized carbons (Fsp3) is 0.769. The van der Waals surface area contributed by atoms with Crippen molar-refractivity contribution in [2.75, 3.05) is 118 Å². The zero-order valence-corrected chi connectivity index (χ0v) is 22.8. The van der Waals surface area contributed by atoms with Crippen LogP contribution < -0.4 is 0 Å². The Morgan fingerprint density at radius 3 is 1.29 bits per heavy atom. The molecule has 2 fully saturated rings. The standard InChI is InChI=1S/C26H46N8O4/c1-3-27-29-25(1)23-33-7-5-31-9-15-35-16-10-32(12-18-38-22-21-37-17-11-31)6-8-34(14-20-36-19-13-33)24-26-2-4-28-30-26/h1-4H,5-24H2,(H,27,29)(H,28,30). The molecule has 12 heteroatoms. The normalized spacial score (nSPS) is 25.7. The highest BCUT2D eigenvalue weighted by molar-refractivity contribution is 4.98. The molecule has 2 aliphatic rings. The summed E-state index contributed by atoms with van der Waals surface area (Å²) < 4.78 is 24.0. The topological polar surface area (TPSA) is 107 Å². The number of hydrogen-bond donors (Lipinski definition) is 2. The molecule has 2 atom stereocenters. The number of rotatable bonds is 4. The number of fused-ring (bicyclic) bond motifs is 6. The molecule has 0 aliphatic carbocycles. The highest BCUT2D eigenvalue weighted by Crippen LogP contribution is 2.05. The largest absolute Gasteiger partial charge is 0.379 e. The Bertz CT molecular complexity index is 759. The van der Waals surface area contributed by atoms with Crippen molar-refractivity contribution in [3.05, 3.63) is 35.9 Å². The summed E-state index contributed by atoms with van der Waals surface area (Å²) in [7, 11) is 0. The van der Waals surface area contributed by atoms with Crippen LogP contribution in [0.25, 0.3) is 0 Å². The molecule has 2 aromatic heterocycles. The second kappa shape index (κ2) is 17.6. The van der Waals surface area contributed by atoms with E-state index in [0.29, 0.717) is 39.6 Å². The maximum Gasteiger partial charge on any atom is 0.0762 e. The third-order valence-electron chi connectivity index (χ3n) is 7.04. The first-order valence-electron chi connectivity index (χ1n) is 14.0. The Hall–Kier alpha value is -1.90. The molecule has 4 rings (SSSR count). The number of nitrogens with zero attached hydrogens (tertiary/aromatic N) is 6. The number of nitrogens with one attached hydrogen (secondary N) is 2. The summed E-state index contributed by atoms with van der Waals surface area (Å²) in [5.41, 5.74) is 2.09. The first-order valence-corrected chi connectivity index (χ1v) is 14.0. The fourth-order valence-electron chi connectivity index (χ4n) is 4.68. The van der Waals surface area contributed by atoms with Gasteiger partial charge in [-0.05, 0) is 12.1 Å². The van der Waals surface area contributed by atoms with Crippen molar-refractivity contribution in [1.82, 2.24) is 40.0 Å². The smallest absolute Gasteiger partial charge is 0.0762 e. The third kappa shape index (κ3) is 11.5. The van der Waals surface area contributed by atoms with E-state index in [0.717, 1.165) is 103 Å².